The van der Waals surface area contributed by atoms with Gasteiger partial charge in [-0.05, 0) is 101 Å². The van der Waals surface area contributed by atoms with Crippen LogP contribution in [0.1, 0.15) is 101 Å². The van der Waals surface area contributed by atoms with Crippen LogP contribution in [0.25, 0.3) is 0 Å². The quantitative estimate of drug-likeness (QED) is 0.214. The highest BCUT2D eigenvalue weighted by atomic mass is 16.6. The minimum absolute atomic E-state index is 0.213. The summed E-state index contributed by atoms with van der Waals surface area (Å²) in [5.74, 6) is -2.77. The second-order valence-corrected chi connectivity index (χ2v) is 14.2. The van der Waals surface area contributed by atoms with Gasteiger partial charge < -0.3 is 39.0 Å². The molecule has 0 heterocycles. The summed E-state index contributed by atoms with van der Waals surface area (Å²) < 4.78 is 25.7. The molecule has 0 bridgehead atoms. The molecule has 2 aromatic rings. The molecular formula is C38H60O12. The van der Waals surface area contributed by atoms with Gasteiger partial charge in [0, 0.05) is 0 Å². The Bertz CT molecular complexity index is 1210. The Balaban J connectivity index is 0. The third-order valence-corrected chi connectivity index (χ3v) is 5.41. The Labute approximate surface area is 298 Å². The van der Waals surface area contributed by atoms with Crippen molar-refractivity contribution in [2.75, 3.05) is 0 Å². The third kappa shape index (κ3) is 29.1. The number of esters is 2. The van der Waals surface area contributed by atoms with Crippen molar-refractivity contribution in [3.05, 3.63) is 71.8 Å². The summed E-state index contributed by atoms with van der Waals surface area (Å²) >= 11 is 0. The molecule has 0 radical (unpaired) electrons. The van der Waals surface area contributed by atoms with Gasteiger partial charge in [0.2, 0.25) is 0 Å². The number of rotatable bonds is 11. The van der Waals surface area contributed by atoms with E-state index in [4.69, 9.17) is 39.0 Å². The zero-order chi connectivity index (χ0) is 39.3. The van der Waals surface area contributed by atoms with Crippen LogP contribution >= 0.6 is 0 Å². The van der Waals surface area contributed by atoms with Crippen molar-refractivity contribution in [1.29, 1.82) is 0 Å². The average molecular weight is 709 g/mol. The van der Waals surface area contributed by atoms with Crippen molar-refractivity contribution in [3.8, 4) is 0 Å². The molecule has 0 amide bonds. The number of aliphatic hydroxyl groups is 1. The predicted molar refractivity (Wildman–Crippen MR) is 190 cm³/mol. The van der Waals surface area contributed by atoms with E-state index < -0.39 is 42.3 Å². The minimum Gasteiger partial charge on any atom is -0.479 e. The van der Waals surface area contributed by atoms with Crippen LogP contribution in [0.5, 0.6) is 0 Å². The van der Waals surface area contributed by atoms with E-state index in [9.17, 15) is 19.2 Å². The number of aliphatic hydroxyl groups excluding tert-OH is 1. The van der Waals surface area contributed by atoms with Crippen LogP contribution in [-0.2, 0) is 56.1 Å². The standard InChI is InChI=1S/C14H20O3.C10H12O3.2C7H14O3/c1-11(17-14(2,3)4)13(15)16-10-12-8-6-5-7-9-12;1-8(11)10(12)13-7-9-5-3-2-4-6-9;2*1-5(6(8)9)10-7(2,3)4/h5-9,11H,10H2,1-4H3;2-6,8,11H,7H2,1H3;2*5H,1-4H3,(H,8,9)/t11-;8-;2*5-/m0000/s1. The van der Waals surface area contributed by atoms with Crippen LogP contribution in [-0.4, -0.2) is 80.4 Å². The summed E-state index contributed by atoms with van der Waals surface area (Å²) in [4.78, 5) is 43.0. The first-order valence-corrected chi connectivity index (χ1v) is 16.3. The molecule has 284 valence electrons. The molecular weight excluding hydrogens is 648 g/mol. The van der Waals surface area contributed by atoms with Crippen molar-refractivity contribution in [2.24, 2.45) is 0 Å². The van der Waals surface area contributed by atoms with Crippen LogP contribution in [0.3, 0.4) is 0 Å². The Morgan fingerprint density at radius 2 is 0.800 bits per heavy atom. The van der Waals surface area contributed by atoms with Gasteiger partial charge in [-0.3, -0.25) is 0 Å². The molecule has 2 aromatic carbocycles. The highest BCUT2D eigenvalue weighted by molar-refractivity contribution is 5.74. The Morgan fingerprint density at radius 3 is 1.04 bits per heavy atom. The lowest BCUT2D eigenvalue weighted by molar-refractivity contribution is -0.165. The van der Waals surface area contributed by atoms with E-state index in [0.29, 0.717) is 0 Å². The van der Waals surface area contributed by atoms with Crippen molar-refractivity contribution in [3.63, 3.8) is 0 Å². The highest BCUT2D eigenvalue weighted by Gasteiger charge is 2.23. The second kappa shape index (κ2) is 23.5. The van der Waals surface area contributed by atoms with Gasteiger partial charge >= 0.3 is 23.9 Å². The molecule has 0 spiro atoms. The number of aliphatic carboxylic acids is 2. The smallest absolute Gasteiger partial charge is 0.335 e. The van der Waals surface area contributed by atoms with Gasteiger partial charge in [-0.1, -0.05) is 60.7 Å². The lowest BCUT2D eigenvalue weighted by Crippen LogP contribution is -2.32. The first kappa shape index (κ1) is 48.3. The van der Waals surface area contributed by atoms with E-state index in [1.165, 1.54) is 20.8 Å². The fourth-order valence-electron chi connectivity index (χ4n) is 3.44. The zero-order valence-corrected chi connectivity index (χ0v) is 32.0. The van der Waals surface area contributed by atoms with E-state index in [0.717, 1.165) is 11.1 Å². The topological polar surface area (TPSA) is 175 Å². The molecule has 50 heavy (non-hydrogen) atoms. The van der Waals surface area contributed by atoms with Gasteiger partial charge in [0.05, 0.1) is 16.8 Å². The largest absolute Gasteiger partial charge is 0.479 e. The number of carboxylic acid groups (broad SMARTS) is 2. The number of hydrogen-bond acceptors (Lipinski definition) is 10. The van der Waals surface area contributed by atoms with Gasteiger partial charge in [-0.15, -0.1) is 0 Å². The van der Waals surface area contributed by atoms with Crippen molar-refractivity contribution in [1.82, 2.24) is 0 Å². The molecule has 0 saturated carbocycles. The van der Waals surface area contributed by atoms with Crippen LogP contribution in [0.15, 0.2) is 60.7 Å². The van der Waals surface area contributed by atoms with E-state index in [2.05, 4.69) is 0 Å². The molecule has 12 heteroatoms. The van der Waals surface area contributed by atoms with E-state index >= 15 is 0 Å². The maximum Gasteiger partial charge on any atom is 0.335 e. The number of benzene rings is 2. The molecule has 2 rings (SSSR count). The number of carbonyl (C=O) groups excluding carboxylic acids is 2. The fourth-order valence-corrected chi connectivity index (χ4v) is 3.44. The van der Waals surface area contributed by atoms with Gasteiger partial charge in [0.15, 0.2) is 18.3 Å². The molecule has 0 fully saturated rings. The molecule has 0 aliphatic rings. The van der Waals surface area contributed by atoms with Crippen molar-refractivity contribution in [2.45, 2.75) is 144 Å². The molecule has 0 saturated heterocycles. The molecule has 0 aromatic heterocycles. The molecule has 4 atom stereocenters. The lowest BCUT2D eigenvalue weighted by atomic mass is 10.2. The highest BCUT2D eigenvalue weighted by Crippen LogP contribution is 2.13. The van der Waals surface area contributed by atoms with Crippen LogP contribution in [0, 0.1) is 0 Å². The SMILES string of the molecule is C[C@H](O)C(=O)OCc1ccccc1.C[C@H](OC(C)(C)C)C(=O)O.C[C@H](OC(C)(C)C)C(=O)O.C[C@H](OC(C)(C)C)C(=O)OCc1ccccc1. The summed E-state index contributed by atoms with van der Waals surface area (Å²) in [6, 6.07) is 18.9. The molecule has 0 aliphatic carbocycles. The van der Waals surface area contributed by atoms with Gasteiger partial charge in [0.25, 0.3) is 0 Å². The fraction of sp³-hybridized carbons (Fsp3) is 0.579. The summed E-state index contributed by atoms with van der Waals surface area (Å²) in [5, 5.41) is 25.7. The second-order valence-electron chi connectivity index (χ2n) is 14.2. The van der Waals surface area contributed by atoms with Crippen LogP contribution in [0.2, 0.25) is 0 Å². The molecule has 0 unspecified atom stereocenters. The molecule has 12 nitrogen and oxygen atoms in total. The number of ether oxygens (including phenoxy) is 5. The molecule has 3 N–H and O–H groups in total. The van der Waals surface area contributed by atoms with E-state index in [-0.39, 0.29) is 36.0 Å². The van der Waals surface area contributed by atoms with Crippen molar-refractivity contribution >= 4 is 23.9 Å². The third-order valence-electron chi connectivity index (χ3n) is 5.41. The average Bonchev–Trinajstić information content (AvgIpc) is 2.98. The van der Waals surface area contributed by atoms with E-state index in [1.54, 1.807) is 6.92 Å². The normalized spacial score (nSPS) is 13.6. The summed E-state index contributed by atoms with van der Waals surface area (Å²) in [7, 11) is 0. The maximum absolute atomic E-state index is 11.6. The van der Waals surface area contributed by atoms with Gasteiger partial charge in [-0.25, -0.2) is 19.2 Å². The van der Waals surface area contributed by atoms with Gasteiger partial charge in [-0.2, -0.15) is 0 Å². The monoisotopic (exact) mass is 708 g/mol. The Kier molecular flexibility index (Phi) is 22.7. The Hall–Kier alpha value is -3.84. The summed E-state index contributed by atoms with van der Waals surface area (Å²) in [6.07, 6.45) is -3.04. The van der Waals surface area contributed by atoms with Crippen molar-refractivity contribution < 1.29 is 58.2 Å². The van der Waals surface area contributed by atoms with Crippen LogP contribution < -0.4 is 0 Å². The maximum atomic E-state index is 11.6. The number of carboxylic acids is 2. The van der Waals surface area contributed by atoms with Gasteiger partial charge in [0.1, 0.15) is 19.3 Å². The Morgan fingerprint density at radius 1 is 0.520 bits per heavy atom. The first-order chi connectivity index (χ1) is 22.7. The lowest BCUT2D eigenvalue weighted by Gasteiger charge is -2.23. The van der Waals surface area contributed by atoms with E-state index in [1.807, 2.05) is 123 Å². The number of carbonyl (C=O) groups is 4. The minimum atomic E-state index is -1.05. The van der Waals surface area contributed by atoms with Crippen LogP contribution in [0.4, 0.5) is 0 Å². The number of hydrogen-bond donors (Lipinski definition) is 3. The first-order valence-electron chi connectivity index (χ1n) is 16.3. The predicted octanol–water partition coefficient (Wildman–Crippen LogP) is 6.59. The summed E-state index contributed by atoms with van der Waals surface area (Å²) in [6.45, 7) is 23.3. The summed E-state index contributed by atoms with van der Waals surface area (Å²) in [5.41, 5.74) is 0.793. The molecule has 0 aliphatic heterocycles. The zero-order valence-electron chi connectivity index (χ0n) is 32.0.